The molecule has 3 aromatic rings. The van der Waals surface area contributed by atoms with Gasteiger partial charge in [-0.2, -0.15) is 0 Å². The molecule has 0 amide bonds. The molecule has 2 aromatic heterocycles. The molecule has 0 saturated heterocycles. The fourth-order valence-electron chi connectivity index (χ4n) is 1.80. The molecule has 2 N–H and O–H groups in total. The molecule has 2 heterocycles. The maximum atomic E-state index is 13.7. The minimum Gasteiger partial charge on any atom is -0.369 e. The molecule has 0 atom stereocenters. The normalized spacial score (nSPS) is 11.1. The van der Waals surface area contributed by atoms with Crippen LogP contribution in [0.3, 0.4) is 0 Å². The first-order valence-corrected chi connectivity index (χ1v) is 5.05. The third kappa shape index (κ3) is 1.54. The summed E-state index contributed by atoms with van der Waals surface area (Å²) in [5.74, 6) is -0.0942. The van der Waals surface area contributed by atoms with E-state index in [9.17, 15) is 4.39 Å². The lowest BCUT2D eigenvalue weighted by Crippen LogP contribution is -2.05. The molecule has 5 nitrogen and oxygen atoms in total. The molecule has 0 aliphatic carbocycles. The van der Waals surface area contributed by atoms with E-state index in [2.05, 4.69) is 10.1 Å². The molecule has 1 aromatic carbocycles. The zero-order valence-electron chi connectivity index (χ0n) is 8.80. The van der Waals surface area contributed by atoms with Gasteiger partial charge in [0.05, 0.1) is 12.1 Å². The molecule has 0 aliphatic rings. The molecule has 3 rings (SSSR count). The van der Waals surface area contributed by atoms with Crippen LogP contribution >= 0.6 is 0 Å². The van der Waals surface area contributed by atoms with Gasteiger partial charge in [-0.15, -0.1) is 0 Å². The van der Waals surface area contributed by atoms with E-state index < -0.39 is 0 Å². The maximum Gasteiger partial charge on any atom is 0.201 e. The predicted octanol–water partition coefficient (Wildman–Crippen LogP) is 1.79. The number of hydrogen-bond donors (Lipinski definition) is 1. The Morgan fingerprint density at radius 3 is 3.00 bits per heavy atom. The number of anilines is 1. The quantitative estimate of drug-likeness (QED) is 0.731. The molecular formula is C11H9FN4O. The largest absolute Gasteiger partial charge is 0.369 e. The van der Waals surface area contributed by atoms with Gasteiger partial charge < -0.3 is 14.8 Å². The van der Waals surface area contributed by atoms with Gasteiger partial charge in [0.15, 0.2) is 0 Å². The van der Waals surface area contributed by atoms with Crippen LogP contribution in [0.2, 0.25) is 0 Å². The van der Waals surface area contributed by atoms with Crippen molar-refractivity contribution in [3.05, 3.63) is 42.0 Å². The molecule has 17 heavy (non-hydrogen) atoms. The topological polar surface area (TPSA) is 69.9 Å². The van der Waals surface area contributed by atoms with Gasteiger partial charge >= 0.3 is 0 Å². The molecule has 0 aliphatic heterocycles. The van der Waals surface area contributed by atoms with Crippen LogP contribution in [0, 0.1) is 5.82 Å². The molecule has 0 unspecified atom stereocenters. The van der Waals surface area contributed by atoms with Crippen LogP contribution in [0.25, 0.3) is 11.0 Å². The first-order valence-electron chi connectivity index (χ1n) is 5.05. The first-order chi connectivity index (χ1) is 8.25. The number of halogens is 1. The minimum absolute atomic E-state index is 0.258. The van der Waals surface area contributed by atoms with Crippen LogP contribution < -0.4 is 5.73 Å². The Kier molecular flexibility index (Phi) is 2.07. The van der Waals surface area contributed by atoms with E-state index in [1.54, 1.807) is 22.8 Å². The van der Waals surface area contributed by atoms with Crippen LogP contribution in [0.5, 0.6) is 0 Å². The van der Waals surface area contributed by atoms with Crippen LogP contribution in [0.15, 0.2) is 35.1 Å². The molecule has 6 heteroatoms. The Morgan fingerprint density at radius 2 is 2.24 bits per heavy atom. The second kappa shape index (κ2) is 3.58. The van der Waals surface area contributed by atoms with E-state index in [1.165, 1.54) is 12.3 Å². The van der Waals surface area contributed by atoms with E-state index in [0.717, 1.165) is 0 Å². The zero-order chi connectivity index (χ0) is 11.8. The van der Waals surface area contributed by atoms with Crippen molar-refractivity contribution < 1.29 is 8.91 Å². The molecule has 0 bridgehead atoms. The van der Waals surface area contributed by atoms with E-state index >= 15 is 0 Å². The Bertz CT molecular complexity index is 659. The molecule has 0 radical (unpaired) electrons. The van der Waals surface area contributed by atoms with Crippen LogP contribution in [-0.2, 0) is 6.54 Å². The number of aromatic nitrogens is 3. The summed E-state index contributed by atoms with van der Waals surface area (Å²) in [6.07, 6.45) is 1.46. The van der Waals surface area contributed by atoms with Crippen molar-refractivity contribution >= 4 is 17.0 Å². The van der Waals surface area contributed by atoms with Crippen LogP contribution in [-0.4, -0.2) is 14.7 Å². The number of nitrogens with zero attached hydrogens (tertiary/aromatic N) is 3. The molecule has 0 fully saturated rings. The summed E-state index contributed by atoms with van der Waals surface area (Å²) in [4.78, 5) is 4.10. The van der Waals surface area contributed by atoms with Crippen LogP contribution in [0.1, 0.15) is 5.69 Å². The summed E-state index contributed by atoms with van der Waals surface area (Å²) in [7, 11) is 0. The second-order valence-electron chi connectivity index (χ2n) is 3.65. The molecule has 0 spiro atoms. The highest BCUT2D eigenvalue weighted by Crippen LogP contribution is 2.21. The van der Waals surface area contributed by atoms with Gasteiger partial charge in [0.2, 0.25) is 5.95 Å². The lowest BCUT2D eigenvalue weighted by molar-refractivity contribution is 0.410. The fraction of sp³-hybridized carbons (Fsp3) is 0.0909. The standard InChI is InChI=1S/C11H9FN4O/c12-8-2-1-3-9-10(8)16(11(13)14-9)6-7-4-5-17-15-7/h1-5H,6H2,(H2,13,14). The minimum atomic E-state index is -0.352. The molecular weight excluding hydrogens is 223 g/mol. The Morgan fingerprint density at radius 1 is 1.35 bits per heavy atom. The Hall–Kier alpha value is -2.37. The third-order valence-electron chi connectivity index (χ3n) is 2.56. The van der Waals surface area contributed by atoms with E-state index in [4.69, 9.17) is 10.3 Å². The monoisotopic (exact) mass is 232 g/mol. The van der Waals surface area contributed by atoms with Crippen molar-refractivity contribution in [3.8, 4) is 0 Å². The number of nitrogen functional groups attached to an aromatic ring is 1. The van der Waals surface area contributed by atoms with E-state index in [-0.39, 0.29) is 11.8 Å². The van der Waals surface area contributed by atoms with Gasteiger partial charge in [0.1, 0.15) is 23.3 Å². The van der Waals surface area contributed by atoms with Gasteiger partial charge in [0, 0.05) is 6.07 Å². The SMILES string of the molecule is Nc1nc2cccc(F)c2n1Cc1ccon1. The third-order valence-corrected chi connectivity index (χ3v) is 2.56. The van der Waals surface area contributed by atoms with Crippen molar-refractivity contribution in [2.75, 3.05) is 5.73 Å². The van der Waals surface area contributed by atoms with Crippen molar-refractivity contribution in [1.82, 2.24) is 14.7 Å². The highest BCUT2D eigenvalue weighted by Gasteiger charge is 2.13. The van der Waals surface area contributed by atoms with E-state index in [1.807, 2.05) is 0 Å². The summed E-state index contributed by atoms with van der Waals surface area (Å²) < 4.78 is 20.0. The molecule has 0 saturated carbocycles. The average Bonchev–Trinajstić information content (AvgIpc) is 2.89. The Balaban J connectivity index is 2.18. The maximum absolute atomic E-state index is 13.7. The smallest absolute Gasteiger partial charge is 0.201 e. The lowest BCUT2D eigenvalue weighted by Gasteiger charge is -2.03. The lowest BCUT2D eigenvalue weighted by atomic mass is 10.3. The number of hydrogen-bond acceptors (Lipinski definition) is 4. The van der Waals surface area contributed by atoms with Gasteiger partial charge in [-0.3, -0.25) is 0 Å². The van der Waals surface area contributed by atoms with Crippen molar-refractivity contribution in [2.45, 2.75) is 6.54 Å². The highest BCUT2D eigenvalue weighted by atomic mass is 19.1. The number of rotatable bonds is 2. The van der Waals surface area contributed by atoms with Gasteiger partial charge in [-0.05, 0) is 12.1 Å². The number of fused-ring (bicyclic) bond motifs is 1. The summed E-state index contributed by atoms with van der Waals surface area (Å²) in [6.45, 7) is 0.333. The van der Waals surface area contributed by atoms with Gasteiger partial charge in [0.25, 0.3) is 0 Å². The van der Waals surface area contributed by atoms with Crippen molar-refractivity contribution in [1.29, 1.82) is 0 Å². The first kappa shape index (κ1) is 9.83. The number of para-hydroxylation sites is 1. The summed E-state index contributed by atoms with van der Waals surface area (Å²) in [5.41, 5.74) is 7.35. The second-order valence-corrected chi connectivity index (χ2v) is 3.65. The van der Waals surface area contributed by atoms with Crippen molar-refractivity contribution in [3.63, 3.8) is 0 Å². The highest BCUT2D eigenvalue weighted by molar-refractivity contribution is 5.79. The predicted molar refractivity (Wildman–Crippen MR) is 59.7 cm³/mol. The van der Waals surface area contributed by atoms with E-state index in [0.29, 0.717) is 23.3 Å². The van der Waals surface area contributed by atoms with Crippen molar-refractivity contribution in [2.24, 2.45) is 0 Å². The number of imidazole rings is 1. The van der Waals surface area contributed by atoms with Gasteiger partial charge in [-0.25, -0.2) is 9.37 Å². The summed E-state index contributed by atoms with van der Waals surface area (Å²) >= 11 is 0. The Labute approximate surface area is 95.6 Å². The molecule has 86 valence electrons. The zero-order valence-corrected chi connectivity index (χ0v) is 8.80. The number of benzene rings is 1. The van der Waals surface area contributed by atoms with Gasteiger partial charge in [-0.1, -0.05) is 11.2 Å². The fourth-order valence-corrected chi connectivity index (χ4v) is 1.80. The summed E-state index contributed by atoms with van der Waals surface area (Å²) in [5, 5.41) is 3.77. The number of nitrogens with two attached hydrogens (primary N) is 1. The average molecular weight is 232 g/mol. The summed E-state index contributed by atoms with van der Waals surface area (Å²) in [6, 6.07) is 6.40. The van der Waals surface area contributed by atoms with Crippen LogP contribution in [0.4, 0.5) is 10.3 Å².